The van der Waals surface area contributed by atoms with Gasteiger partial charge in [-0.2, -0.15) is 0 Å². The molecule has 0 spiro atoms. The molecule has 16 unspecified atom stereocenters. The number of carbonyl (C=O) groups is 2. The van der Waals surface area contributed by atoms with Gasteiger partial charge in [-0.05, 0) is 38.5 Å². The Morgan fingerprint density at radius 2 is 0.846 bits per heavy atom. The number of phosphoric ester groups is 1. The van der Waals surface area contributed by atoms with Crippen LogP contribution in [-0.2, 0) is 51.6 Å². The Morgan fingerprint density at radius 1 is 0.474 bits per heavy atom. The second-order valence-corrected chi connectivity index (χ2v) is 22.6. The van der Waals surface area contributed by atoms with Crippen molar-refractivity contribution in [2.75, 3.05) is 26.4 Å². The van der Waals surface area contributed by atoms with Crippen LogP contribution >= 0.6 is 7.82 Å². The maximum absolute atomic E-state index is 14.0. The maximum atomic E-state index is 14.0. The van der Waals surface area contributed by atoms with E-state index in [1.807, 2.05) is 0 Å². The molecular weight excluding hydrogens is 1050 g/mol. The molecule has 0 bridgehead atoms. The lowest BCUT2D eigenvalue weighted by atomic mass is 9.84. The van der Waals surface area contributed by atoms with Crippen molar-refractivity contribution in [3.8, 4) is 0 Å². The van der Waals surface area contributed by atoms with E-state index in [1.54, 1.807) is 0 Å². The predicted molar refractivity (Wildman–Crippen MR) is 282 cm³/mol. The number of aliphatic hydroxyl groups excluding tert-OH is 11. The van der Waals surface area contributed by atoms with Crippen LogP contribution in [-0.4, -0.2) is 204 Å². The molecule has 78 heavy (non-hydrogen) atoms. The number of carbonyl (C=O) groups excluding carboxylic acids is 2. The van der Waals surface area contributed by atoms with Crippen molar-refractivity contribution in [3.63, 3.8) is 0 Å². The average molecular weight is 1150 g/mol. The van der Waals surface area contributed by atoms with Crippen molar-refractivity contribution in [1.82, 2.24) is 0 Å². The third-order valence-electron chi connectivity index (χ3n) is 14.6. The van der Waals surface area contributed by atoms with Gasteiger partial charge < -0.3 is 89.5 Å². The molecule has 458 valence electrons. The lowest BCUT2D eigenvalue weighted by Gasteiger charge is -2.49. The Balaban J connectivity index is 1.71. The molecule has 1 saturated carbocycles. The first-order chi connectivity index (χ1) is 37.4. The predicted octanol–water partition coefficient (Wildman–Crippen LogP) is 3.54. The Labute approximate surface area is 461 Å². The van der Waals surface area contributed by atoms with Crippen molar-refractivity contribution < 1.29 is 113 Å². The molecule has 2 aliphatic heterocycles. The van der Waals surface area contributed by atoms with Crippen LogP contribution in [0.3, 0.4) is 0 Å². The number of phosphoric acid groups is 1. The van der Waals surface area contributed by atoms with Crippen LogP contribution in [0, 0.1) is 0 Å². The zero-order valence-corrected chi connectivity index (χ0v) is 47.1. The third kappa shape index (κ3) is 25.4. The summed E-state index contributed by atoms with van der Waals surface area (Å²) < 4.78 is 58.0. The summed E-state index contributed by atoms with van der Waals surface area (Å²) in [6.45, 7) is 0.981. The van der Waals surface area contributed by atoms with E-state index >= 15 is 0 Å². The van der Waals surface area contributed by atoms with Crippen LogP contribution in [0.2, 0.25) is 0 Å². The van der Waals surface area contributed by atoms with E-state index < -0.39 is 150 Å². The Morgan fingerprint density at radius 3 is 1.27 bits per heavy atom. The monoisotopic (exact) mass is 1150 g/mol. The van der Waals surface area contributed by atoms with E-state index in [9.17, 15) is 75.2 Å². The Hall–Kier alpha value is -1.81. The number of hydrogen-bond acceptors (Lipinski definition) is 22. The van der Waals surface area contributed by atoms with Gasteiger partial charge in [0.05, 0.1) is 19.8 Å². The lowest BCUT2D eigenvalue weighted by molar-refractivity contribution is -0.360. The average Bonchev–Trinajstić information content (AvgIpc) is 3.47. The van der Waals surface area contributed by atoms with Crippen molar-refractivity contribution in [1.29, 1.82) is 0 Å². The fourth-order valence-electron chi connectivity index (χ4n) is 9.70. The Bertz CT molecular complexity index is 1610. The first kappa shape index (κ1) is 70.5. The summed E-state index contributed by atoms with van der Waals surface area (Å²) in [6, 6.07) is 0. The lowest BCUT2D eigenvalue weighted by Crippen LogP contribution is -2.69. The number of rotatable bonds is 42. The number of aliphatic hydroxyl groups is 11. The number of unbranched alkanes of at least 4 members (excludes halogenated alkanes) is 22. The van der Waals surface area contributed by atoms with E-state index in [2.05, 4.69) is 26.0 Å². The molecule has 0 radical (unpaired) electrons. The highest BCUT2D eigenvalue weighted by atomic mass is 31.2. The molecule has 3 aliphatic rings. The highest BCUT2D eigenvalue weighted by Gasteiger charge is 2.58. The zero-order valence-electron chi connectivity index (χ0n) is 46.2. The van der Waals surface area contributed by atoms with Gasteiger partial charge >= 0.3 is 19.8 Å². The zero-order chi connectivity index (χ0) is 57.5. The molecule has 0 aromatic carbocycles. The molecule has 23 nitrogen and oxygen atoms in total. The molecule has 3 fully saturated rings. The molecule has 2 heterocycles. The molecule has 2 saturated heterocycles. The van der Waals surface area contributed by atoms with Gasteiger partial charge in [-0.15, -0.1) is 0 Å². The van der Waals surface area contributed by atoms with Gasteiger partial charge in [0.2, 0.25) is 0 Å². The summed E-state index contributed by atoms with van der Waals surface area (Å²) in [5.41, 5.74) is 0. The fourth-order valence-corrected chi connectivity index (χ4v) is 10.7. The van der Waals surface area contributed by atoms with Crippen molar-refractivity contribution in [2.24, 2.45) is 0 Å². The molecule has 0 amide bonds. The van der Waals surface area contributed by atoms with E-state index in [1.165, 1.54) is 64.2 Å². The van der Waals surface area contributed by atoms with Crippen LogP contribution in [0.4, 0.5) is 0 Å². The number of esters is 2. The smallest absolute Gasteiger partial charge is 0.462 e. The SMILES string of the molecule is CCCCCCC=CCCCCCCCCCC(=O)OCC(COP(=O)(O)OC1C(OC2OC(CO)C(O)C(O)C2O)C(O)C(O)C(O)C1OC1OC(CO)C(O)C(O)C1O)OC(=O)CCCCCCCCCCCCCC. The summed E-state index contributed by atoms with van der Waals surface area (Å²) in [5.74, 6) is -1.33. The second kappa shape index (κ2) is 39.6. The van der Waals surface area contributed by atoms with Gasteiger partial charge in [0.15, 0.2) is 18.7 Å². The largest absolute Gasteiger partial charge is 0.472 e. The minimum absolute atomic E-state index is 0.0287. The van der Waals surface area contributed by atoms with Crippen LogP contribution in [0.1, 0.15) is 187 Å². The van der Waals surface area contributed by atoms with Crippen molar-refractivity contribution in [3.05, 3.63) is 12.2 Å². The molecule has 24 heteroatoms. The third-order valence-corrected chi connectivity index (χ3v) is 15.6. The highest BCUT2D eigenvalue weighted by Crippen LogP contribution is 2.49. The van der Waals surface area contributed by atoms with Gasteiger partial charge in [-0.25, -0.2) is 4.57 Å². The van der Waals surface area contributed by atoms with Crippen molar-refractivity contribution in [2.45, 2.75) is 291 Å². The van der Waals surface area contributed by atoms with Crippen molar-refractivity contribution >= 4 is 19.8 Å². The first-order valence-electron chi connectivity index (χ1n) is 29.0. The van der Waals surface area contributed by atoms with Crippen LogP contribution in [0.25, 0.3) is 0 Å². The number of ether oxygens (including phenoxy) is 6. The van der Waals surface area contributed by atoms with Gasteiger partial charge in [0.1, 0.15) is 92.1 Å². The van der Waals surface area contributed by atoms with Gasteiger partial charge in [0, 0.05) is 12.8 Å². The quantitative estimate of drug-likeness (QED) is 0.0180. The maximum Gasteiger partial charge on any atom is 0.472 e. The van der Waals surface area contributed by atoms with E-state index in [0.29, 0.717) is 12.8 Å². The van der Waals surface area contributed by atoms with Crippen LogP contribution in [0.5, 0.6) is 0 Å². The summed E-state index contributed by atoms with van der Waals surface area (Å²) in [5, 5.41) is 116. The summed E-state index contributed by atoms with van der Waals surface area (Å²) in [4.78, 5) is 37.4. The molecule has 3 rings (SSSR count). The van der Waals surface area contributed by atoms with Crippen LogP contribution < -0.4 is 0 Å². The summed E-state index contributed by atoms with van der Waals surface area (Å²) in [6.07, 6.45) is -3.68. The van der Waals surface area contributed by atoms with E-state index in [-0.39, 0.29) is 12.8 Å². The minimum Gasteiger partial charge on any atom is -0.462 e. The first-order valence-corrected chi connectivity index (χ1v) is 30.5. The molecule has 1 aliphatic carbocycles. The molecular formula is C54H99O23P. The van der Waals surface area contributed by atoms with Gasteiger partial charge in [-0.3, -0.25) is 18.6 Å². The van der Waals surface area contributed by atoms with Gasteiger partial charge in [0.25, 0.3) is 0 Å². The number of hydrogen-bond donors (Lipinski definition) is 12. The molecule has 0 aromatic rings. The molecule has 0 aromatic heterocycles. The summed E-state index contributed by atoms with van der Waals surface area (Å²) >= 11 is 0. The molecule has 12 N–H and O–H groups in total. The minimum atomic E-state index is -5.63. The topological polar surface area (TPSA) is 368 Å². The normalized spacial score (nSPS) is 31.8. The van der Waals surface area contributed by atoms with Crippen LogP contribution in [0.15, 0.2) is 12.2 Å². The summed E-state index contributed by atoms with van der Waals surface area (Å²) in [7, 11) is -5.63. The molecule has 16 atom stereocenters. The van der Waals surface area contributed by atoms with E-state index in [4.69, 9.17) is 37.5 Å². The second-order valence-electron chi connectivity index (χ2n) is 21.2. The highest BCUT2D eigenvalue weighted by molar-refractivity contribution is 7.47. The van der Waals surface area contributed by atoms with Gasteiger partial charge in [-0.1, -0.05) is 148 Å². The fraction of sp³-hybridized carbons (Fsp3) is 0.926. The Kier molecular flexibility index (Phi) is 35.8. The number of allylic oxidation sites excluding steroid dienone is 2. The van der Waals surface area contributed by atoms with E-state index in [0.717, 1.165) is 83.5 Å². The standard InChI is InChI=1S/C54H99O23P/c1-3-5-7-9-11-13-15-17-18-19-21-22-24-26-28-30-39(57)70-34-36(72-40(58)31-29-27-25-23-20-16-14-12-10-8-6-4-2)35-71-78(68,69)77-52-50(75-53-48(66)43(61)41(59)37(32-55)73-53)46(64)45(63)47(65)51(52)76-54-49(67)44(62)42(60)38(33-56)74-54/h13,15,36-38,41-56,59-67H,3-12,14,16-35H2,1-2H3,(H,68,69).